The molecule has 2 aromatic carbocycles. The Morgan fingerprint density at radius 3 is 2.50 bits per heavy atom. The summed E-state index contributed by atoms with van der Waals surface area (Å²) in [6, 6.07) is 12.9. The molecule has 0 fully saturated rings. The van der Waals surface area contributed by atoms with E-state index >= 15 is 0 Å². The van der Waals surface area contributed by atoms with E-state index in [4.69, 9.17) is 21.1 Å². The number of methoxy groups -OCH3 is 1. The molecule has 0 unspecified atom stereocenters. The summed E-state index contributed by atoms with van der Waals surface area (Å²) in [7, 11) is 1.52. The molecule has 0 aromatic heterocycles. The highest BCUT2D eigenvalue weighted by molar-refractivity contribution is 6.53. The van der Waals surface area contributed by atoms with E-state index in [1.165, 1.54) is 7.11 Å². The monoisotopic (exact) mass is 428 g/mol. The van der Waals surface area contributed by atoms with Crippen LogP contribution >= 0.6 is 11.6 Å². The van der Waals surface area contributed by atoms with Gasteiger partial charge in [0.15, 0.2) is 0 Å². The van der Waals surface area contributed by atoms with E-state index < -0.39 is 17.8 Å². The van der Waals surface area contributed by atoms with Crippen LogP contribution in [0, 0.1) is 0 Å². The van der Waals surface area contributed by atoms with Gasteiger partial charge in [-0.2, -0.15) is 0 Å². The number of nitrogens with one attached hydrogen (secondary N) is 1. The van der Waals surface area contributed by atoms with Crippen molar-refractivity contribution in [2.75, 3.05) is 23.9 Å². The number of hydrogen-bond donors (Lipinski definition) is 1. The lowest BCUT2D eigenvalue weighted by atomic mass is 10.2. The second-order valence-corrected chi connectivity index (χ2v) is 6.91. The van der Waals surface area contributed by atoms with Crippen LogP contribution in [0.3, 0.4) is 0 Å². The van der Waals surface area contributed by atoms with E-state index in [1.807, 2.05) is 6.92 Å². The smallest absolute Gasteiger partial charge is 0.338 e. The first-order valence-electron chi connectivity index (χ1n) is 9.43. The molecular weight excluding hydrogens is 408 g/mol. The summed E-state index contributed by atoms with van der Waals surface area (Å²) in [4.78, 5) is 38.5. The molecule has 0 bridgehead atoms. The standard InChI is InChI=1S/C22H21ClN2O5/c1-3-4-12-30-22(28)14-6-5-7-15(13-14)24-19-18(23)20(26)25(21(19)27)16-8-10-17(29-2)11-9-16/h5-11,13,24H,3-4,12H2,1-2H3. The van der Waals surface area contributed by atoms with Crippen LogP contribution < -0.4 is 15.0 Å². The molecular formula is C22H21ClN2O5. The van der Waals surface area contributed by atoms with E-state index in [0.29, 0.717) is 29.3 Å². The van der Waals surface area contributed by atoms with Gasteiger partial charge in [0.1, 0.15) is 16.5 Å². The second-order valence-electron chi connectivity index (χ2n) is 6.53. The number of imide groups is 1. The van der Waals surface area contributed by atoms with E-state index in [2.05, 4.69) is 5.32 Å². The lowest BCUT2D eigenvalue weighted by molar-refractivity contribution is -0.120. The summed E-state index contributed by atoms with van der Waals surface area (Å²) in [6.45, 7) is 2.35. The van der Waals surface area contributed by atoms with Gasteiger partial charge < -0.3 is 14.8 Å². The predicted octanol–water partition coefficient (Wildman–Crippen LogP) is 4.09. The Hall–Kier alpha value is -3.32. The summed E-state index contributed by atoms with van der Waals surface area (Å²) in [5.74, 6) is -1.09. The molecule has 1 aliphatic heterocycles. The van der Waals surface area contributed by atoms with Crippen LogP contribution in [0.25, 0.3) is 0 Å². The van der Waals surface area contributed by atoms with Crippen LogP contribution in [-0.2, 0) is 14.3 Å². The van der Waals surface area contributed by atoms with Crippen LogP contribution in [0.2, 0.25) is 0 Å². The maximum Gasteiger partial charge on any atom is 0.338 e. The van der Waals surface area contributed by atoms with Crippen LogP contribution in [0.4, 0.5) is 11.4 Å². The average Bonchev–Trinajstić information content (AvgIpc) is 2.97. The van der Waals surface area contributed by atoms with Crippen molar-refractivity contribution in [3.05, 3.63) is 64.8 Å². The van der Waals surface area contributed by atoms with Gasteiger partial charge in [0.2, 0.25) is 0 Å². The first-order valence-corrected chi connectivity index (χ1v) is 9.81. The van der Waals surface area contributed by atoms with Crippen LogP contribution in [-0.4, -0.2) is 31.5 Å². The Morgan fingerprint density at radius 1 is 1.10 bits per heavy atom. The SMILES string of the molecule is CCCCOC(=O)c1cccc(NC2=C(Cl)C(=O)N(c3ccc(OC)cc3)C2=O)c1. The molecule has 30 heavy (non-hydrogen) atoms. The normalized spacial score (nSPS) is 13.6. The van der Waals surface area contributed by atoms with Gasteiger partial charge in [0, 0.05) is 5.69 Å². The zero-order valence-electron chi connectivity index (χ0n) is 16.6. The molecule has 0 radical (unpaired) electrons. The molecule has 0 saturated heterocycles. The number of rotatable bonds is 8. The molecule has 7 nitrogen and oxygen atoms in total. The highest BCUT2D eigenvalue weighted by atomic mass is 35.5. The minimum absolute atomic E-state index is 0.0611. The van der Waals surface area contributed by atoms with E-state index in [9.17, 15) is 14.4 Å². The fourth-order valence-electron chi connectivity index (χ4n) is 2.84. The maximum absolute atomic E-state index is 12.9. The first-order chi connectivity index (χ1) is 14.5. The number of halogens is 1. The van der Waals surface area contributed by atoms with Gasteiger partial charge in [0.05, 0.1) is 25.0 Å². The van der Waals surface area contributed by atoms with Crippen molar-refractivity contribution < 1.29 is 23.9 Å². The number of carbonyl (C=O) groups is 3. The largest absolute Gasteiger partial charge is 0.497 e. The van der Waals surface area contributed by atoms with Gasteiger partial charge in [0.25, 0.3) is 11.8 Å². The van der Waals surface area contributed by atoms with Crippen molar-refractivity contribution in [1.29, 1.82) is 0 Å². The summed E-state index contributed by atoms with van der Waals surface area (Å²) < 4.78 is 10.3. The minimum atomic E-state index is -0.635. The van der Waals surface area contributed by atoms with Crippen molar-refractivity contribution in [2.45, 2.75) is 19.8 Å². The third-order valence-electron chi connectivity index (χ3n) is 4.46. The van der Waals surface area contributed by atoms with Gasteiger partial charge in [-0.15, -0.1) is 0 Å². The van der Waals surface area contributed by atoms with Crippen LogP contribution in [0.5, 0.6) is 5.75 Å². The fraction of sp³-hybridized carbons (Fsp3) is 0.227. The van der Waals surface area contributed by atoms with Gasteiger partial charge >= 0.3 is 5.97 Å². The summed E-state index contributed by atoms with van der Waals surface area (Å²) in [5, 5.41) is 2.63. The number of anilines is 2. The highest BCUT2D eigenvalue weighted by Crippen LogP contribution is 2.31. The Morgan fingerprint density at radius 2 is 1.83 bits per heavy atom. The average molecular weight is 429 g/mol. The number of hydrogen-bond acceptors (Lipinski definition) is 6. The Bertz CT molecular complexity index is 1000. The first kappa shape index (κ1) is 21.4. The van der Waals surface area contributed by atoms with Gasteiger partial charge in [-0.25, -0.2) is 9.69 Å². The van der Waals surface area contributed by atoms with Crippen LogP contribution in [0.15, 0.2) is 59.3 Å². The van der Waals surface area contributed by atoms with Crippen molar-refractivity contribution in [3.8, 4) is 5.75 Å². The van der Waals surface area contributed by atoms with Crippen molar-refractivity contribution in [1.82, 2.24) is 0 Å². The molecule has 0 aliphatic carbocycles. The molecule has 3 rings (SSSR count). The lowest BCUT2D eigenvalue weighted by Crippen LogP contribution is -2.32. The van der Waals surface area contributed by atoms with Gasteiger partial charge in [-0.3, -0.25) is 9.59 Å². The quantitative estimate of drug-likeness (QED) is 0.387. The van der Waals surface area contributed by atoms with Gasteiger partial charge in [-0.1, -0.05) is 31.0 Å². The highest BCUT2D eigenvalue weighted by Gasteiger charge is 2.39. The summed E-state index contributed by atoms with van der Waals surface area (Å²) >= 11 is 6.15. The number of amides is 2. The number of ether oxygens (including phenoxy) is 2. The Balaban J connectivity index is 1.78. The summed E-state index contributed by atoms with van der Waals surface area (Å²) in [5.41, 5.74) is 1.07. The molecule has 1 heterocycles. The Labute approximate surface area is 179 Å². The molecule has 1 N–H and O–H groups in total. The third-order valence-corrected chi connectivity index (χ3v) is 4.81. The molecule has 156 valence electrons. The molecule has 2 aromatic rings. The topological polar surface area (TPSA) is 84.9 Å². The van der Waals surface area contributed by atoms with Crippen LogP contribution in [0.1, 0.15) is 30.1 Å². The number of esters is 1. The van der Waals surface area contributed by atoms with Crippen molar-refractivity contribution >= 4 is 40.8 Å². The number of nitrogens with zero attached hydrogens (tertiary/aromatic N) is 1. The van der Waals surface area contributed by atoms with E-state index in [0.717, 1.165) is 17.7 Å². The van der Waals surface area contributed by atoms with E-state index in [1.54, 1.807) is 48.5 Å². The zero-order chi connectivity index (χ0) is 21.7. The molecule has 0 spiro atoms. The third kappa shape index (κ3) is 4.46. The molecule has 1 aliphatic rings. The Kier molecular flexibility index (Phi) is 6.74. The molecule has 2 amide bonds. The minimum Gasteiger partial charge on any atom is -0.497 e. The lowest BCUT2D eigenvalue weighted by Gasteiger charge is -2.15. The fourth-order valence-corrected chi connectivity index (χ4v) is 3.05. The predicted molar refractivity (Wildman–Crippen MR) is 114 cm³/mol. The molecule has 0 saturated carbocycles. The van der Waals surface area contributed by atoms with Gasteiger partial charge in [-0.05, 0) is 48.9 Å². The second kappa shape index (κ2) is 9.45. The summed E-state index contributed by atoms with van der Waals surface area (Å²) in [6.07, 6.45) is 1.70. The number of unbranched alkanes of at least 4 members (excludes halogenated alkanes) is 1. The number of carbonyl (C=O) groups excluding carboxylic acids is 3. The van der Waals surface area contributed by atoms with Crippen molar-refractivity contribution in [3.63, 3.8) is 0 Å². The molecule has 8 heteroatoms. The maximum atomic E-state index is 12.9. The molecule has 0 atom stereocenters. The zero-order valence-corrected chi connectivity index (χ0v) is 17.4. The van der Waals surface area contributed by atoms with Crippen molar-refractivity contribution in [2.24, 2.45) is 0 Å². The van der Waals surface area contributed by atoms with E-state index in [-0.39, 0.29) is 10.7 Å². The number of benzene rings is 2.